The van der Waals surface area contributed by atoms with Crippen molar-refractivity contribution in [2.24, 2.45) is 0 Å². The van der Waals surface area contributed by atoms with E-state index in [2.05, 4.69) is 47.8 Å². The molecule has 2 N–H and O–H groups in total. The Morgan fingerprint density at radius 1 is 1.00 bits per heavy atom. The van der Waals surface area contributed by atoms with Gasteiger partial charge in [-0.05, 0) is 35.4 Å². The van der Waals surface area contributed by atoms with Crippen LogP contribution in [0.4, 0.5) is 0 Å². The van der Waals surface area contributed by atoms with E-state index in [0.717, 1.165) is 11.3 Å². The topological polar surface area (TPSA) is 42.8 Å². The maximum atomic E-state index is 12.7. The number of benzene rings is 3. The molecule has 0 aliphatic carbocycles. The van der Waals surface area contributed by atoms with Crippen LogP contribution in [-0.2, 0) is 11.2 Å². The number of quaternary nitrogens is 1. The van der Waals surface area contributed by atoms with E-state index in [1.54, 1.807) is 4.90 Å². The van der Waals surface area contributed by atoms with Crippen molar-refractivity contribution in [1.82, 2.24) is 5.32 Å². The van der Waals surface area contributed by atoms with Crippen molar-refractivity contribution in [3.63, 3.8) is 0 Å². The minimum Gasteiger partial charge on any atom is -0.494 e. The molecule has 0 saturated carbocycles. The molecule has 4 nitrogen and oxygen atoms in total. The lowest BCUT2D eigenvalue weighted by Crippen LogP contribution is -3.11. The highest BCUT2D eigenvalue weighted by molar-refractivity contribution is 5.86. The second-order valence-corrected chi connectivity index (χ2v) is 8.04. The van der Waals surface area contributed by atoms with Crippen LogP contribution in [0, 0.1) is 0 Å². The van der Waals surface area contributed by atoms with Crippen molar-refractivity contribution in [3.8, 4) is 5.75 Å². The number of carbonyl (C=O) groups is 1. The molecule has 1 saturated heterocycles. The molecule has 30 heavy (non-hydrogen) atoms. The average Bonchev–Trinajstić information content (AvgIpc) is 3.30. The molecule has 4 heteroatoms. The van der Waals surface area contributed by atoms with Crippen molar-refractivity contribution >= 4 is 16.7 Å². The summed E-state index contributed by atoms with van der Waals surface area (Å²) in [5.41, 5.74) is 2.34. The van der Waals surface area contributed by atoms with Gasteiger partial charge in [-0.1, -0.05) is 54.6 Å². The summed E-state index contributed by atoms with van der Waals surface area (Å²) in [5.74, 6) is 0.915. The molecule has 0 spiro atoms. The molecule has 3 aromatic carbocycles. The fourth-order valence-corrected chi connectivity index (χ4v) is 4.54. The van der Waals surface area contributed by atoms with E-state index in [1.165, 1.54) is 42.3 Å². The second kappa shape index (κ2) is 9.77. The lowest BCUT2D eigenvalue weighted by molar-refractivity contribution is -0.918. The van der Waals surface area contributed by atoms with Crippen LogP contribution in [-0.4, -0.2) is 32.1 Å². The smallest absolute Gasteiger partial charge is 0.224 e. The number of rotatable bonds is 8. The summed E-state index contributed by atoms with van der Waals surface area (Å²) >= 11 is 0. The molecule has 1 fully saturated rings. The molecular weight excluding hydrogens is 372 g/mol. The molecular formula is C26H31N2O2+. The van der Waals surface area contributed by atoms with Gasteiger partial charge in [0, 0.05) is 18.4 Å². The number of carbonyl (C=O) groups excluding carboxylic acids is 1. The normalized spacial score (nSPS) is 15.2. The summed E-state index contributed by atoms with van der Waals surface area (Å²) in [4.78, 5) is 14.3. The van der Waals surface area contributed by atoms with E-state index in [1.807, 2.05) is 31.2 Å². The van der Waals surface area contributed by atoms with Crippen LogP contribution in [0.5, 0.6) is 5.75 Å². The van der Waals surface area contributed by atoms with Crippen LogP contribution in [0.15, 0.2) is 66.7 Å². The molecule has 0 bridgehead atoms. The van der Waals surface area contributed by atoms with Crippen molar-refractivity contribution in [2.75, 3.05) is 26.2 Å². The van der Waals surface area contributed by atoms with E-state index in [9.17, 15) is 4.79 Å². The summed E-state index contributed by atoms with van der Waals surface area (Å²) in [5, 5.41) is 5.78. The second-order valence-electron chi connectivity index (χ2n) is 8.04. The molecule has 0 radical (unpaired) electrons. The summed E-state index contributed by atoms with van der Waals surface area (Å²) in [6.07, 6.45) is 2.91. The molecule has 1 aliphatic rings. The molecule has 156 valence electrons. The Balaban J connectivity index is 1.46. The molecule has 0 unspecified atom stereocenters. The maximum absolute atomic E-state index is 12.7. The van der Waals surface area contributed by atoms with Gasteiger partial charge >= 0.3 is 0 Å². The van der Waals surface area contributed by atoms with E-state index >= 15 is 0 Å². The first-order valence-corrected chi connectivity index (χ1v) is 11.1. The molecule has 1 heterocycles. The van der Waals surface area contributed by atoms with Gasteiger partial charge < -0.3 is 15.0 Å². The number of nitrogens with one attached hydrogen (secondary N) is 2. The first kappa shape index (κ1) is 20.4. The fourth-order valence-electron chi connectivity index (χ4n) is 4.54. The Labute approximate surface area is 178 Å². The first-order chi connectivity index (χ1) is 14.7. The average molecular weight is 404 g/mol. The third-order valence-corrected chi connectivity index (χ3v) is 6.04. The van der Waals surface area contributed by atoms with Gasteiger partial charge in [0.05, 0.1) is 32.7 Å². The van der Waals surface area contributed by atoms with Crippen LogP contribution >= 0.6 is 0 Å². The summed E-state index contributed by atoms with van der Waals surface area (Å²) < 4.78 is 5.48. The first-order valence-electron chi connectivity index (χ1n) is 11.1. The van der Waals surface area contributed by atoms with Gasteiger partial charge in [0.1, 0.15) is 11.8 Å². The lowest BCUT2D eigenvalue weighted by atomic mass is 9.97. The third-order valence-electron chi connectivity index (χ3n) is 6.04. The lowest BCUT2D eigenvalue weighted by Gasteiger charge is -2.26. The minimum absolute atomic E-state index is 0.0722. The van der Waals surface area contributed by atoms with Crippen molar-refractivity contribution in [2.45, 2.75) is 32.2 Å². The van der Waals surface area contributed by atoms with Crippen molar-refractivity contribution in [3.05, 3.63) is 77.9 Å². The number of likely N-dealkylation sites (tertiary alicyclic amines) is 1. The van der Waals surface area contributed by atoms with E-state index in [4.69, 9.17) is 4.74 Å². The summed E-state index contributed by atoms with van der Waals surface area (Å²) in [6.45, 7) is 5.62. The van der Waals surface area contributed by atoms with Crippen LogP contribution in [0.3, 0.4) is 0 Å². The zero-order valence-electron chi connectivity index (χ0n) is 17.7. The fraction of sp³-hybridized carbons (Fsp3) is 0.346. The Morgan fingerprint density at radius 3 is 2.50 bits per heavy atom. The predicted octanol–water partition coefficient (Wildman–Crippen LogP) is 3.32. The number of fused-ring (bicyclic) bond motifs is 1. The number of amides is 1. The minimum atomic E-state index is 0.0722. The Bertz CT molecular complexity index is 972. The SMILES string of the molecule is CCOc1ccc(CC(=O)NC[C@@H](c2cccc3ccccc23)[NH+]2CCCC2)cc1. The van der Waals surface area contributed by atoms with Gasteiger partial charge in [-0.3, -0.25) is 4.79 Å². The van der Waals surface area contributed by atoms with Crippen LogP contribution in [0.25, 0.3) is 10.8 Å². The largest absolute Gasteiger partial charge is 0.494 e. The van der Waals surface area contributed by atoms with Crippen LogP contribution in [0.2, 0.25) is 0 Å². The molecule has 0 aromatic heterocycles. The monoisotopic (exact) mass is 403 g/mol. The van der Waals surface area contributed by atoms with Gasteiger partial charge in [0.2, 0.25) is 5.91 Å². The maximum Gasteiger partial charge on any atom is 0.224 e. The van der Waals surface area contributed by atoms with Crippen LogP contribution in [0.1, 0.15) is 36.9 Å². The highest BCUT2D eigenvalue weighted by atomic mass is 16.5. The zero-order chi connectivity index (χ0) is 20.8. The zero-order valence-corrected chi connectivity index (χ0v) is 17.7. The third kappa shape index (κ3) is 4.82. The molecule has 3 aromatic rings. The summed E-state index contributed by atoms with van der Waals surface area (Å²) in [7, 11) is 0. The standard InChI is InChI=1S/C26H30N2O2/c1-2-30-22-14-12-20(13-15-22)18-26(29)27-19-25(28-16-5-6-17-28)24-11-7-9-21-8-3-4-10-23(21)24/h3-4,7-15,25H,2,5-6,16-19H2,1H3,(H,27,29)/p+1/t25-/m0/s1. The number of hydrogen-bond acceptors (Lipinski definition) is 2. The van der Waals surface area contributed by atoms with Crippen LogP contribution < -0.4 is 15.0 Å². The summed E-state index contributed by atoms with van der Waals surface area (Å²) in [6, 6.07) is 23.2. The van der Waals surface area contributed by atoms with Crippen molar-refractivity contribution in [1.29, 1.82) is 0 Å². The molecule has 1 aliphatic heterocycles. The number of ether oxygens (including phenoxy) is 1. The number of hydrogen-bond donors (Lipinski definition) is 2. The Kier molecular flexibility index (Phi) is 6.65. The van der Waals surface area contributed by atoms with E-state index < -0.39 is 0 Å². The van der Waals surface area contributed by atoms with Gasteiger partial charge in [-0.15, -0.1) is 0 Å². The van der Waals surface area contributed by atoms with E-state index in [0.29, 0.717) is 19.6 Å². The highest BCUT2D eigenvalue weighted by Crippen LogP contribution is 2.23. The van der Waals surface area contributed by atoms with Gasteiger partial charge in [-0.25, -0.2) is 0 Å². The van der Waals surface area contributed by atoms with E-state index in [-0.39, 0.29) is 11.9 Å². The van der Waals surface area contributed by atoms with Gasteiger partial charge in [0.25, 0.3) is 0 Å². The van der Waals surface area contributed by atoms with Gasteiger partial charge in [0.15, 0.2) is 0 Å². The molecule has 1 atom stereocenters. The van der Waals surface area contributed by atoms with Gasteiger partial charge in [-0.2, -0.15) is 0 Å². The molecule has 4 rings (SSSR count). The predicted molar refractivity (Wildman–Crippen MR) is 121 cm³/mol. The quantitative estimate of drug-likeness (QED) is 0.606. The highest BCUT2D eigenvalue weighted by Gasteiger charge is 2.29. The Morgan fingerprint density at radius 2 is 1.73 bits per heavy atom. The molecule has 1 amide bonds. The Hall–Kier alpha value is -2.85. The van der Waals surface area contributed by atoms with Crippen molar-refractivity contribution < 1.29 is 14.4 Å².